The molecule has 196 valence electrons. The minimum Gasteiger partial charge on any atom is -0.497 e. The Labute approximate surface area is 212 Å². The van der Waals surface area contributed by atoms with Gasteiger partial charge in [-0.15, -0.1) is 0 Å². The summed E-state index contributed by atoms with van der Waals surface area (Å²) in [5.74, 6) is 0.703. The van der Waals surface area contributed by atoms with Crippen LogP contribution in [0.1, 0.15) is 32.3 Å². The van der Waals surface area contributed by atoms with E-state index >= 15 is 0 Å². The van der Waals surface area contributed by atoms with E-state index in [-0.39, 0.29) is 24.9 Å². The van der Waals surface area contributed by atoms with Crippen LogP contribution in [0.2, 0.25) is 0 Å². The van der Waals surface area contributed by atoms with Gasteiger partial charge in [0, 0.05) is 19.2 Å². The normalized spacial score (nSPS) is 13.1. The zero-order valence-electron chi connectivity index (χ0n) is 21.0. The summed E-state index contributed by atoms with van der Waals surface area (Å²) in [5.41, 5.74) is 1.01. The van der Waals surface area contributed by atoms with Crippen LogP contribution in [0.5, 0.6) is 17.2 Å². The number of fused-ring (bicyclic) bond motifs is 1. The van der Waals surface area contributed by atoms with Crippen molar-refractivity contribution in [1.82, 2.24) is 10.2 Å². The van der Waals surface area contributed by atoms with E-state index in [1.54, 1.807) is 37.4 Å². The Morgan fingerprint density at radius 3 is 2.53 bits per heavy atom. The molecule has 2 amide bonds. The number of sulfonamides is 1. The largest absolute Gasteiger partial charge is 0.497 e. The highest BCUT2D eigenvalue weighted by atomic mass is 32.2. The highest BCUT2D eigenvalue weighted by molar-refractivity contribution is 7.92. The molecular weight excluding hydrogens is 486 g/mol. The predicted octanol–water partition coefficient (Wildman–Crippen LogP) is 2.52. The smallest absolute Gasteiger partial charge is 0.244 e. The molecule has 1 N–H and O–H groups in total. The van der Waals surface area contributed by atoms with Crippen molar-refractivity contribution in [3.8, 4) is 17.2 Å². The molecule has 1 aliphatic heterocycles. The van der Waals surface area contributed by atoms with Crippen LogP contribution in [0.15, 0.2) is 42.5 Å². The molecule has 0 unspecified atom stereocenters. The molecule has 36 heavy (non-hydrogen) atoms. The van der Waals surface area contributed by atoms with Gasteiger partial charge in [-0.2, -0.15) is 0 Å². The van der Waals surface area contributed by atoms with Crippen LogP contribution < -0.4 is 23.8 Å². The lowest BCUT2D eigenvalue weighted by atomic mass is 10.1. The van der Waals surface area contributed by atoms with Crippen molar-refractivity contribution in [2.75, 3.05) is 37.6 Å². The predicted molar refractivity (Wildman–Crippen MR) is 136 cm³/mol. The van der Waals surface area contributed by atoms with E-state index in [1.807, 2.05) is 19.9 Å². The maximum absolute atomic E-state index is 13.7. The van der Waals surface area contributed by atoms with Crippen molar-refractivity contribution in [3.63, 3.8) is 0 Å². The number of carbonyl (C=O) groups excluding carboxylic acids is 2. The number of nitrogens with one attached hydrogen (secondary N) is 1. The Balaban J connectivity index is 1.94. The third kappa shape index (κ3) is 6.60. The van der Waals surface area contributed by atoms with Gasteiger partial charge in [0.25, 0.3) is 0 Å². The van der Waals surface area contributed by atoms with Gasteiger partial charge in [0.15, 0.2) is 11.5 Å². The summed E-state index contributed by atoms with van der Waals surface area (Å²) in [4.78, 5) is 28.1. The fourth-order valence-corrected chi connectivity index (χ4v) is 4.75. The van der Waals surface area contributed by atoms with Crippen molar-refractivity contribution in [1.29, 1.82) is 0 Å². The van der Waals surface area contributed by atoms with Gasteiger partial charge in [-0.25, -0.2) is 8.42 Å². The third-order valence-electron chi connectivity index (χ3n) is 5.75. The highest BCUT2D eigenvalue weighted by Gasteiger charge is 2.32. The second-order valence-electron chi connectivity index (χ2n) is 8.40. The molecule has 0 aromatic heterocycles. The van der Waals surface area contributed by atoms with Gasteiger partial charge < -0.3 is 24.4 Å². The third-order valence-corrected chi connectivity index (χ3v) is 6.89. The first-order valence-electron chi connectivity index (χ1n) is 11.7. The standard InChI is InChI=1S/C25H33N3O7S/c1-5-12-26-25(30)21(6-2)27(15-18-8-7-9-20(13-18)33-3)24(29)16-28(36(4,31)32)19-10-11-22-23(14-19)35-17-34-22/h7-11,13-14,21H,5-6,12,15-17H2,1-4H3,(H,26,30)/t21-/m1/s1. The molecule has 0 saturated carbocycles. The van der Waals surface area contributed by atoms with Gasteiger partial charge in [0.1, 0.15) is 18.3 Å². The Kier molecular flexibility index (Phi) is 9.03. The van der Waals surface area contributed by atoms with E-state index in [9.17, 15) is 18.0 Å². The van der Waals surface area contributed by atoms with E-state index in [1.165, 1.54) is 11.0 Å². The zero-order chi connectivity index (χ0) is 26.3. The Hall–Kier alpha value is -3.47. The highest BCUT2D eigenvalue weighted by Crippen LogP contribution is 2.36. The zero-order valence-corrected chi connectivity index (χ0v) is 21.8. The first-order chi connectivity index (χ1) is 17.2. The van der Waals surface area contributed by atoms with E-state index in [2.05, 4.69) is 5.32 Å². The molecule has 0 fully saturated rings. The number of methoxy groups -OCH3 is 1. The van der Waals surface area contributed by atoms with E-state index in [0.29, 0.717) is 30.2 Å². The van der Waals surface area contributed by atoms with Crippen LogP contribution in [0.25, 0.3) is 0 Å². The number of rotatable bonds is 12. The number of hydrogen-bond donors (Lipinski definition) is 1. The molecule has 0 spiro atoms. The van der Waals surface area contributed by atoms with Gasteiger partial charge in [0.05, 0.1) is 19.1 Å². The van der Waals surface area contributed by atoms with E-state index in [0.717, 1.165) is 22.5 Å². The van der Waals surface area contributed by atoms with Crippen LogP contribution in [0.4, 0.5) is 5.69 Å². The average molecular weight is 520 g/mol. The molecule has 1 heterocycles. The second-order valence-corrected chi connectivity index (χ2v) is 10.3. The Morgan fingerprint density at radius 1 is 1.11 bits per heavy atom. The quantitative estimate of drug-likeness (QED) is 0.458. The SMILES string of the molecule is CCCNC(=O)[C@@H](CC)N(Cc1cccc(OC)c1)C(=O)CN(c1ccc2c(c1)OCO2)S(C)(=O)=O. The average Bonchev–Trinajstić information content (AvgIpc) is 3.33. The first kappa shape index (κ1) is 27.1. The molecule has 0 bridgehead atoms. The van der Waals surface area contributed by atoms with Gasteiger partial charge in [-0.3, -0.25) is 13.9 Å². The fourth-order valence-electron chi connectivity index (χ4n) is 3.91. The molecule has 1 aliphatic rings. The van der Waals surface area contributed by atoms with Crippen molar-refractivity contribution in [3.05, 3.63) is 48.0 Å². The summed E-state index contributed by atoms with van der Waals surface area (Å²) in [6.45, 7) is 3.88. The molecule has 1 atom stereocenters. The van der Waals surface area contributed by atoms with E-state index < -0.39 is 28.5 Å². The molecule has 2 aromatic carbocycles. The van der Waals surface area contributed by atoms with Gasteiger partial charge in [0.2, 0.25) is 28.6 Å². The Bertz CT molecular complexity index is 1190. The number of carbonyl (C=O) groups is 2. The summed E-state index contributed by atoms with van der Waals surface area (Å²) < 4.78 is 42.5. The molecule has 2 aromatic rings. The van der Waals surface area contributed by atoms with Crippen molar-refractivity contribution < 1.29 is 32.2 Å². The topological polar surface area (TPSA) is 114 Å². The minimum atomic E-state index is -3.85. The molecule has 3 rings (SSSR count). The van der Waals surface area contributed by atoms with Crippen LogP contribution in [0, 0.1) is 0 Å². The monoisotopic (exact) mass is 519 g/mol. The lowest BCUT2D eigenvalue weighted by Crippen LogP contribution is -2.52. The minimum absolute atomic E-state index is 0.0377. The molecule has 0 saturated heterocycles. The van der Waals surface area contributed by atoms with Crippen LogP contribution in [-0.4, -0.2) is 64.4 Å². The summed E-state index contributed by atoms with van der Waals surface area (Å²) in [7, 11) is -2.30. The molecule has 10 nitrogen and oxygen atoms in total. The number of nitrogens with zero attached hydrogens (tertiary/aromatic N) is 2. The van der Waals surface area contributed by atoms with Crippen LogP contribution in [-0.2, 0) is 26.2 Å². The summed E-state index contributed by atoms with van der Waals surface area (Å²) in [6.07, 6.45) is 2.13. The van der Waals surface area contributed by atoms with Gasteiger partial charge >= 0.3 is 0 Å². The lowest BCUT2D eigenvalue weighted by molar-refractivity contribution is -0.140. The number of hydrogen-bond acceptors (Lipinski definition) is 7. The Morgan fingerprint density at radius 2 is 1.86 bits per heavy atom. The molecular formula is C25H33N3O7S. The van der Waals surface area contributed by atoms with Gasteiger partial charge in [-0.1, -0.05) is 26.0 Å². The number of ether oxygens (including phenoxy) is 3. The summed E-state index contributed by atoms with van der Waals surface area (Å²) >= 11 is 0. The van der Waals surface area contributed by atoms with Crippen LogP contribution >= 0.6 is 0 Å². The number of anilines is 1. The van der Waals surface area contributed by atoms with Crippen molar-refractivity contribution in [2.24, 2.45) is 0 Å². The summed E-state index contributed by atoms with van der Waals surface area (Å²) in [5, 5.41) is 2.85. The van der Waals surface area contributed by atoms with Crippen molar-refractivity contribution in [2.45, 2.75) is 39.3 Å². The molecule has 11 heteroatoms. The van der Waals surface area contributed by atoms with Crippen LogP contribution in [0.3, 0.4) is 0 Å². The number of amides is 2. The fraction of sp³-hybridized carbons (Fsp3) is 0.440. The summed E-state index contributed by atoms with van der Waals surface area (Å²) in [6, 6.07) is 11.1. The molecule has 0 radical (unpaired) electrons. The maximum Gasteiger partial charge on any atom is 0.244 e. The maximum atomic E-state index is 13.7. The molecule has 0 aliphatic carbocycles. The second kappa shape index (κ2) is 12.0. The first-order valence-corrected chi connectivity index (χ1v) is 13.6. The van der Waals surface area contributed by atoms with Crippen molar-refractivity contribution >= 4 is 27.5 Å². The van der Waals surface area contributed by atoms with E-state index in [4.69, 9.17) is 14.2 Å². The number of benzene rings is 2. The lowest BCUT2D eigenvalue weighted by Gasteiger charge is -2.33. The van der Waals surface area contributed by atoms with Gasteiger partial charge in [-0.05, 0) is 42.7 Å².